The summed E-state index contributed by atoms with van der Waals surface area (Å²) in [6.07, 6.45) is 2.81. The van der Waals surface area contributed by atoms with Crippen LogP contribution in [-0.2, 0) is 24.2 Å². The van der Waals surface area contributed by atoms with Crippen LogP contribution in [0.3, 0.4) is 0 Å². The molecule has 5 rings (SSSR count). The molecule has 2 aromatic carbocycles. The van der Waals surface area contributed by atoms with Crippen LogP contribution in [0.2, 0.25) is 0 Å². The molecule has 2 aliphatic heterocycles. The number of fused-ring (bicyclic) bond motifs is 3. The molecule has 1 fully saturated rings. The highest BCUT2D eigenvalue weighted by Crippen LogP contribution is 2.38. The second-order valence-electron chi connectivity index (χ2n) is 9.37. The lowest BCUT2D eigenvalue weighted by Crippen LogP contribution is -2.61. The van der Waals surface area contributed by atoms with Gasteiger partial charge in [0.1, 0.15) is 5.82 Å². The fourth-order valence-electron chi connectivity index (χ4n) is 5.26. The molecule has 0 aliphatic carbocycles. The van der Waals surface area contributed by atoms with E-state index in [9.17, 15) is 19.3 Å². The maximum atomic E-state index is 13.4. The number of aromatic nitrogens is 1. The highest BCUT2D eigenvalue weighted by molar-refractivity contribution is 5.82. The summed E-state index contributed by atoms with van der Waals surface area (Å²) < 4.78 is 13.3. The standard InChI is InChI=1S/C27H28FN5O3/c28-21-6-4-19(5-7-21)17-31-13-14-32-25-9-8-23(33(35)36)15-20(25)16-24(26(32)18-31)27(34)30-12-10-22-3-1-2-11-29-22/h1-9,11,15,24,26H,10,12-14,16-18H2,(H,30,34)/t24-,26+/m0/s1. The van der Waals surface area contributed by atoms with E-state index in [-0.39, 0.29) is 29.4 Å². The van der Waals surface area contributed by atoms with Crippen LogP contribution in [0.5, 0.6) is 0 Å². The second kappa shape index (κ2) is 10.4. The van der Waals surface area contributed by atoms with E-state index >= 15 is 0 Å². The van der Waals surface area contributed by atoms with Crippen LogP contribution < -0.4 is 10.2 Å². The number of carbonyl (C=O) groups is 1. The molecule has 3 heterocycles. The lowest BCUT2D eigenvalue weighted by Gasteiger charge is -2.49. The summed E-state index contributed by atoms with van der Waals surface area (Å²) in [4.78, 5) is 33.2. The number of nitrogens with one attached hydrogen (secondary N) is 1. The molecule has 0 spiro atoms. The fourth-order valence-corrected chi connectivity index (χ4v) is 5.26. The summed E-state index contributed by atoms with van der Waals surface area (Å²) in [6, 6.07) is 17.1. The van der Waals surface area contributed by atoms with Crippen molar-refractivity contribution in [2.45, 2.75) is 25.4 Å². The maximum Gasteiger partial charge on any atom is 0.269 e. The Morgan fingerprint density at radius 3 is 2.72 bits per heavy atom. The van der Waals surface area contributed by atoms with Gasteiger partial charge in [-0.3, -0.25) is 24.8 Å². The van der Waals surface area contributed by atoms with Gasteiger partial charge in [0, 0.05) is 68.9 Å². The number of hydrogen-bond donors (Lipinski definition) is 1. The van der Waals surface area contributed by atoms with Crippen molar-refractivity contribution in [3.05, 3.63) is 99.6 Å². The molecule has 9 heteroatoms. The number of hydrogen-bond acceptors (Lipinski definition) is 6. The molecule has 8 nitrogen and oxygen atoms in total. The number of benzene rings is 2. The van der Waals surface area contributed by atoms with Crippen molar-refractivity contribution in [1.82, 2.24) is 15.2 Å². The van der Waals surface area contributed by atoms with Crippen molar-refractivity contribution in [3.8, 4) is 0 Å². The Hall–Kier alpha value is -3.85. The Kier molecular flexibility index (Phi) is 6.90. The molecule has 2 atom stereocenters. The normalized spacial score (nSPS) is 19.3. The third-order valence-electron chi connectivity index (χ3n) is 7.05. The van der Waals surface area contributed by atoms with E-state index < -0.39 is 4.92 Å². The van der Waals surface area contributed by atoms with Gasteiger partial charge in [-0.25, -0.2) is 4.39 Å². The highest BCUT2D eigenvalue weighted by Gasteiger charge is 2.41. The van der Waals surface area contributed by atoms with Crippen LogP contribution in [0, 0.1) is 21.8 Å². The monoisotopic (exact) mass is 489 g/mol. The Morgan fingerprint density at radius 1 is 1.14 bits per heavy atom. The summed E-state index contributed by atoms with van der Waals surface area (Å²) in [5.41, 5.74) is 3.76. The lowest BCUT2D eigenvalue weighted by molar-refractivity contribution is -0.384. The van der Waals surface area contributed by atoms with Gasteiger partial charge >= 0.3 is 0 Å². The van der Waals surface area contributed by atoms with Crippen LogP contribution in [0.4, 0.5) is 15.8 Å². The van der Waals surface area contributed by atoms with Crippen molar-refractivity contribution in [2.24, 2.45) is 5.92 Å². The molecule has 36 heavy (non-hydrogen) atoms. The molecule has 0 saturated carbocycles. The van der Waals surface area contributed by atoms with Crippen LogP contribution in [0.1, 0.15) is 16.8 Å². The summed E-state index contributed by atoms with van der Waals surface area (Å²) in [6.45, 7) is 3.30. The van der Waals surface area contributed by atoms with E-state index in [0.717, 1.165) is 29.1 Å². The Balaban J connectivity index is 1.35. The third-order valence-corrected chi connectivity index (χ3v) is 7.05. The Bertz CT molecular complexity index is 1240. The van der Waals surface area contributed by atoms with Crippen molar-refractivity contribution in [3.63, 3.8) is 0 Å². The fraction of sp³-hybridized carbons (Fsp3) is 0.333. The second-order valence-corrected chi connectivity index (χ2v) is 9.37. The molecule has 0 bridgehead atoms. The Labute approximate surface area is 208 Å². The number of nitro benzene ring substituents is 1. The molecule has 0 radical (unpaired) electrons. The summed E-state index contributed by atoms with van der Waals surface area (Å²) in [5.74, 6) is -0.662. The van der Waals surface area contributed by atoms with Crippen LogP contribution >= 0.6 is 0 Å². The molecule has 3 aromatic rings. The van der Waals surface area contributed by atoms with E-state index in [0.29, 0.717) is 39.0 Å². The van der Waals surface area contributed by atoms with Crippen LogP contribution in [0.15, 0.2) is 66.9 Å². The zero-order valence-electron chi connectivity index (χ0n) is 19.8. The van der Waals surface area contributed by atoms with Gasteiger partial charge in [-0.2, -0.15) is 0 Å². The first-order valence-electron chi connectivity index (χ1n) is 12.2. The van der Waals surface area contributed by atoms with E-state index in [1.807, 2.05) is 24.3 Å². The van der Waals surface area contributed by atoms with Gasteiger partial charge in [-0.1, -0.05) is 18.2 Å². The smallest absolute Gasteiger partial charge is 0.269 e. The number of pyridine rings is 1. The van der Waals surface area contributed by atoms with E-state index in [4.69, 9.17) is 0 Å². The minimum absolute atomic E-state index is 0.0384. The minimum atomic E-state index is -0.394. The topological polar surface area (TPSA) is 91.6 Å². The molecule has 0 unspecified atom stereocenters. The summed E-state index contributed by atoms with van der Waals surface area (Å²) >= 11 is 0. The first kappa shape index (κ1) is 23.9. The average Bonchev–Trinajstić information content (AvgIpc) is 2.89. The van der Waals surface area contributed by atoms with Gasteiger partial charge in [-0.05, 0) is 47.9 Å². The number of anilines is 1. The molecular formula is C27H28FN5O3. The Morgan fingerprint density at radius 2 is 1.97 bits per heavy atom. The SMILES string of the molecule is O=C(NCCc1ccccn1)[C@H]1Cc2cc([N+](=O)[O-])ccc2N2CCN(Cc3ccc(F)cc3)C[C@H]12. The molecule has 1 aromatic heterocycles. The number of amides is 1. The lowest BCUT2D eigenvalue weighted by atomic mass is 9.83. The molecule has 2 aliphatic rings. The minimum Gasteiger partial charge on any atom is -0.365 e. The highest BCUT2D eigenvalue weighted by atomic mass is 19.1. The van der Waals surface area contributed by atoms with Gasteiger partial charge in [0.2, 0.25) is 5.91 Å². The molecule has 1 saturated heterocycles. The number of halogens is 1. The van der Waals surface area contributed by atoms with Gasteiger partial charge in [0.05, 0.1) is 16.9 Å². The van der Waals surface area contributed by atoms with Crippen molar-refractivity contribution < 1.29 is 14.1 Å². The zero-order valence-corrected chi connectivity index (χ0v) is 19.8. The predicted molar refractivity (Wildman–Crippen MR) is 134 cm³/mol. The number of carbonyl (C=O) groups excluding carboxylic acids is 1. The van der Waals surface area contributed by atoms with Gasteiger partial charge in [-0.15, -0.1) is 0 Å². The van der Waals surface area contributed by atoms with Crippen molar-refractivity contribution in [1.29, 1.82) is 0 Å². The predicted octanol–water partition coefficient (Wildman–Crippen LogP) is 3.35. The first-order valence-corrected chi connectivity index (χ1v) is 12.2. The molecular weight excluding hydrogens is 461 g/mol. The van der Waals surface area contributed by atoms with E-state index in [2.05, 4.69) is 20.1 Å². The number of rotatable bonds is 7. The third kappa shape index (κ3) is 5.21. The van der Waals surface area contributed by atoms with Gasteiger partial charge in [0.15, 0.2) is 0 Å². The maximum absolute atomic E-state index is 13.4. The quantitative estimate of drug-likeness (QED) is 0.404. The molecule has 1 N–H and O–H groups in total. The van der Waals surface area contributed by atoms with Crippen LogP contribution in [-0.4, -0.2) is 52.9 Å². The largest absolute Gasteiger partial charge is 0.365 e. The number of non-ortho nitro benzene ring substituents is 1. The number of nitro groups is 1. The summed E-state index contributed by atoms with van der Waals surface area (Å²) in [5, 5.41) is 14.4. The first-order chi connectivity index (χ1) is 17.5. The van der Waals surface area contributed by atoms with Gasteiger partial charge in [0.25, 0.3) is 5.69 Å². The number of piperazine rings is 1. The average molecular weight is 490 g/mol. The van der Waals surface area contributed by atoms with Crippen LogP contribution in [0.25, 0.3) is 0 Å². The summed E-state index contributed by atoms with van der Waals surface area (Å²) in [7, 11) is 0. The van der Waals surface area contributed by atoms with E-state index in [1.165, 1.54) is 18.2 Å². The van der Waals surface area contributed by atoms with Gasteiger partial charge < -0.3 is 10.2 Å². The van der Waals surface area contributed by atoms with E-state index in [1.54, 1.807) is 24.4 Å². The van der Waals surface area contributed by atoms with Crippen molar-refractivity contribution >= 4 is 17.3 Å². The molecule has 1 amide bonds. The number of nitrogens with zero attached hydrogens (tertiary/aromatic N) is 4. The zero-order chi connectivity index (χ0) is 25.1. The van der Waals surface area contributed by atoms with Crippen molar-refractivity contribution in [2.75, 3.05) is 31.1 Å². The molecule has 186 valence electrons.